The number of nitrogens with one attached hydrogen (secondary N) is 2. The van der Waals surface area contributed by atoms with Gasteiger partial charge in [0.2, 0.25) is 10.0 Å². The van der Waals surface area contributed by atoms with E-state index in [1.807, 2.05) is 4.72 Å². The first-order valence-corrected chi connectivity index (χ1v) is 11.0. The van der Waals surface area contributed by atoms with Crippen molar-refractivity contribution in [1.82, 2.24) is 9.62 Å². The number of sulfonamides is 1. The molecule has 2 N–H and O–H groups in total. The van der Waals surface area contributed by atoms with Crippen molar-refractivity contribution in [3.05, 3.63) is 28.3 Å². The molecule has 0 aliphatic heterocycles. The molecule has 1 fully saturated rings. The molecular formula is C18H26N4O7S. The van der Waals surface area contributed by atoms with E-state index in [2.05, 4.69) is 5.32 Å². The zero-order valence-corrected chi connectivity index (χ0v) is 17.7. The van der Waals surface area contributed by atoms with Gasteiger partial charge in [-0.1, -0.05) is 19.3 Å². The van der Waals surface area contributed by atoms with E-state index in [0.29, 0.717) is 0 Å². The molecule has 0 atom stereocenters. The molecule has 1 aromatic rings. The van der Waals surface area contributed by atoms with Crippen LogP contribution < -0.4 is 10.0 Å². The number of benzene rings is 1. The second kappa shape index (κ2) is 10.3. The molecule has 1 aliphatic rings. The summed E-state index contributed by atoms with van der Waals surface area (Å²) in [6.07, 6.45) is 5.08. The fourth-order valence-corrected chi connectivity index (χ4v) is 4.23. The summed E-state index contributed by atoms with van der Waals surface area (Å²) < 4.78 is 31.5. The Morgan fingerprint density at radius 2 is 1.93 bits per heavy atom. The largest absolute Gasteiger partial charge is 0.455 e. The third kappa shape index (κ3) is 6.13. The van der Waals surface area contributed by atoms with Crippen LogP contribution in [0.15, 0.2) is 23.1 Å². The maximum absolute atomic E-state index is 12.3. The number of nitro benzene ring substituents is 1. The van der Waals surface area contributed by atoms with Gasteiger partial charge in [0.25, 0.3) is 11.6 Å². The van der Waals surface area contributed by atoms with E-state index in [1.54, 1.807) is 11.9 Å². The van der Waals surface area contributed by atoms with Gasteiger partial charge in [-0.2, -0.15) is 4.72 Å². The van der Waals surface area contributed by atoms with Crippen LogP contribution in [0.3, 0.4) is 0 Å². The Labute approximate surface area is 175 Å². The van der Waals surface area contributed by atoms with Gasteiger partial charge >= 0.3 is 5.97 Å². The Kier molecular flexibility index (Phi) is 8.12. The van der Waals surface area contributed by atoms with E-state index >= 15 is 0 Å². The number of carbonyl (C=O) groups is 2. The monoisotopic (exact) mass is 442 g/mol. The van der Waals surface area contributed by atoms with Gasteiger partial charge in [-0.05, 0) is 25.0 Å². The molecule has 0 bridgehead atoms. The molecule has 11 nitrogen and oxygen atoms in total. The van der Waals surface area contributed by atoms with Crippen molar-refractivity contribution in [1.29, 1.82) is 0 Å². The highest BCUT2D eigenvalue weighted by Crippen LogP contribution is 2.27. The number of anilines is 1. The van der Waals surface area contributed by atoms with Gasteiger partial charge in [0, 0.05) is 26.2 Å². The van der Waals surface area contributed by atoms with E-state index in [4.69, 9.17) is 4.74 Å². The summed E-state index contributed by atoms with van der Waals surface area (Å²) >= 11 is 0. The van der Waals surface area contributed by atoms with E-state index in [0.717, 1.165) is 38.2 Å². The molecule has 1 aromatic carbocycles. The summed E-state index contributed by atoms with van der Waals surface area (Å²) in [5.74, 6) is -1.28. The Hall–Kier alpha value is -2.73. The van der Waals surface area contributed by atoms with Crippen molar-refractivity contribution >= 4 is 33.3 Å². The van der Waals surface area contributed by atoms with Crippen LogP contribution in [0.1, 0.15) is 32.1 Å². The minimum atomic E-state index is -4.19. The zero-order valence-electron chi connectivity index (χ0n) is 16.9. The van der Waals surface area contributed by atoms with Crippen LogP contribution >= 0.6 is 0 Å². The molecule has 1 saturated carbocycles. The summed E-state index contributed by atoms with van der Waals surface area (Å²) in [6.45, 7) is -1.18. The van der Waals surface area contributed by atoms with Crippen LogP contribution in [0.2, 0.25) is 0 Å². The van der Waals surface area contributed by atoms with E-state index in [-0.39, 0.29) is 22.5 Å². The molecule has 0 saturated heterocycles. The number of rotatable bonds is 9. The van der Waals surface area contributed by atoms with Crippen LogP contribution in [-0.4, -0.2) is 63.4 Å². The lowest BCUT2D eigenvalue weighted by molar-refractivity contribution is -0.384. The minimum absolute atomic E-state index is 0.125. The summed E-state index contributed by atoms with van der Waals surface area (Å²) in [7, 11) is -1.05. The number of likely N-dealkylation sites (N-methyl/N-ethyl adjacent to an activating group) is 1. The van der Waals surface area contributed by atoms with Crippen LogP contribution in [0.25, 0.3) is 0 Å². The minimum Gasteiger partial charge on any atom is -0.455 e. The Morgan fingerprint density at radius 1 is 1.27 bits per heavy atom. The molecule has 0 aromatic heterocycles. The SMILES string of the molecule is CNc1ccc(S(=O)(=O)NCC(=O)OCC(=O)N(C)C2CCCCC2)cc1[N+](=O)[O-]. The second-order valence-electron chi connectivity index (χ2n) is 6.97. The Bertz CT molecular complexity index is 898. The van der Waals surface area contributed by atoms with Crippen molar-refractivity contribution in [2.24, 2.45) is 0 Å². The lowest BCUT2D eigenvalue weighted by Gasteiger charge is -2.31. The molecule has 0 radical (unpaired) electrons. The van der Waals surface area contributed by atoms with Gasteiger partial charge in [-0.25, -0.2) is 8.42 Å². The van der Waals surface area contributed by atoms with Crippen LogP contribution in [0.4, 0.5) is 11.4 Å². The number of nitrogens with zero attached hydrogens (tertiary/aromatic N) is 2. The van der Waals surface area contributed by atoms with Crippen LogP contribution in [-0.2, 0) is 24.3 Å². The van der Waals surface area contributed by atoms with Crippen molar-refractivity contribution < 1.29 is 27.7 Å². The number of hydrogen-bond acceptors (Lipinski definition) is 8. The first-order valence-electron chi connectivity index (χ1n) is 9.53. The predicted octanol–water partition coefficient (Wildman–Crippen LogP) is 1.25. The maximum atomic E-state index is 12.3. The van der Waals surface area contributed by atoms with E-state index in [9.17, 15) is 28.1 Å². The van der Waals surface area contributed by atoms with Gasteiger partial charge in [0.1, 0.15) is 12.2 Å². The highest BCUT2D eigenvalue weighted by molar-refractivity contribution is 7.89. The predicted molar refractivity (Wildman–Crippen MR) is 108 cm³/mol. The quantitative estimate of drug-likeness (QED) is 0.330. The van der Waals surface area contributed by atoms with Crippen molar-refractivity contribution in [2.75, 3.05) is 32.6 Å². The zero-order chi connectivity index (χ0) is 22.3. The number of amides is 1. The fraction of sp³-hybridized carbons (Fsp3) is 0.556. The summed E-state index contributed by atoms with van der Waals surface area (Å²) in [6, 6.07) is 3.45. The number of carbonyl (C=O) groups excluding carboxylic acids is 2. The normalized spacial score (nSPS) is 14.7. The molecule has 0 heterocycles. The molecule has 0 spiro atoms. The highest BCUT2D eigenvalue weighted by atomic mass is 32.2. The molecule has 30 heavy (non-hydrogen) atoms. The second-order valence-corrected chi connectivity index (χ2v) is 8.73. The molecule has 0 unspecified atom stereocenters. The maximum Gasteiger partial charge on any atom is 0.321 e. The third-order valence-electron chi connectivity index (χ3n) is 5.02. The molecule has 166 valence electrons. The molecule has 2 rings (SSSR count). The van der Waals surface area contributed by atoms with Crippen LogP contribution in [0, 0.1) is 10.1 Å². The topological polar surface area (TPSA) is 148 Å². The molecule has 1 amide bonds. The Balaban J connectivity index is 1.89. The lowest BCUT2D eigenvalue weighted by Crippen LogP contribution is -2.41. The summed E-state index contributed by atoms with van der Waals surface area (Å²) in [5, 5.41) is 13.7. The first kappa shape index (κ1) is 23.5. The number of esters is 1. The fourth-order valence-electron chi connectivity index (χ4n) is 3.25. The van der Waals surface area contributed by atoms with Gasteiger partial charge in [-0.15, -0.1) is 0 Å². The summed E-state index contributed by atoms with van der Waals surface area (Å²) in [5.41, 5.74) is -0.266. The van der Waals surface area contributed by atoms with Crippen LogP contribution in [0.5, 0.6) is 0 Å². The number of ether oxygens (including phenoxy) is 1. The molecule has 12 heteroatoms. The van der Waals surface area contributed by atoms with E-state index < -0.39 is 39.8 Å². The number of hydrogen-bond donors (Lipinski definition) is 2. The standard InChI is InChI=1S/C18H26N4O7S/c1-19-15-9-8-14(10-16(15)22(25)26)30(27,28)20-11-18(24)29-12-17(23)21(2)13-6-4-3-5-7-13/h8-10,13,19-20H,3-7,11-12H2,1-2H3. The average molecular weight is 442 g/mol. The van der Waals surface area contributed by atoms with Crippen molar-refractivity contribution in [3.63, 3.8) is 0 Å². The lowest BCUT2D eigenvalue weighted by atomic mass is 9.94. The highest BCUT2D eigenvalue weighted by Gasteiger charge is 2.24. The smallest absolute Gasteiger partial charge is 0.321 e. The first-order chi connectivity index (χ1) is 14.2. The van der Waals surface area contributed by atoms with Gasteiger partial charge in [-0.3, -0.25) is 19.7 Å². The summed E-state index contributed by atoms with van der Waals surface area (Å²) in [4.78, 5) is 35.6. The molecule has 1 aliphatic carbocycles. The average Bonchev–Trinajstić information content (AvgIpc) is 2.75. The number of nitro groups is 1. The van der Waals surface area contributed by atoms with Gasteiger partial charge in [0.05, 0.1) is 9.82 Å². The van der Waals surface area contributed by atoms with Crippen molar-refractivity contribution in [2.45, 2.75) is 43.0 Å². The Morgan fingerprint density at radius 3 is 2.53 bits per heavy atom. The van der Waals surface area contributed by atoms with Gasteiger partial charge < -0.3 is 15.0 Å². The third-order valence-corrected chi connectivity index (χ3v) is 6.42. The van der Waals surface area contributed by atoms with Gasteiger partial charge in [0.15, 0.2) is 6.61 Å². The van der Waals surface area contributed by atoms with Crippen molar-refractivity contribution in [3.8, 4) is 0 Å². The molecular weight excluding hydrogens is 416 g/mol. The van der Waals surface area contributed by atoms with E-state index in [1.165, 1.54) is 19.2 Å².